The van der Waals surface area contributed by atoms with Gasteiger partial charge in [-0.25, -0.2) is 4.39 Å². The van der Waals surface area contributed by atoms with Crippen molar-refractivity contribution in [2.45, 2.75) is 32.7 Å². The van der Waals surface area contributed by atoms with E-state index in [2.05, 4.69) is 24.4 Å². The molecule has 0 unspecified atom stereocenters. The van der Waals surface area contributed by atoms with Gasteiger partial charge in [-0.1, -0.05) is 26.0 Å². The van der Waals surface area contributed by atoms with E-state index in [1.807, 2.05) is 0 Å². The van der Waals surface area contributed by atoms with Gasteiger partial charge in [-0.15, -0.1) is 0 Å². The van der Waals surface area contributed by atoms with Gasteiger partial charge < -0.3 is 5.43 Å². The number of hydrazone groups is 1. The summed E-state index contributed by atoms with van der Waals surface area (Å²) in [6.07, 6.45) is 1.47. The highest BCUT2D eigenvalue weighted by Crippen LogP contribution is 2.39. The van der Waals surface area contributed by atoms with Gasteiger partial charge in [0.25, 0.3) is 0 Å². The standard InChI is InChI=1S/C15H17FN2O/c1-15(2)7-11-13(12(19)8-15)14(18-17-11)9-4-3-5-10(16)6-9/h3-6,11,13,17H,7-8H2,1-2H3/t11-,13-/m1/s1. The van der Waals surface area contributed by atoms with Crippen LogP contribution in [0.3, 0.4) is 0 Å². The van der Waals surface area contributed by atoms with Crippen molar-refractivity contribution in [2.24, 2.45) is 16.4 Å². The lowest BCUT2D eigenvalue weighted by Gasteiger charge is -2.36. The smallest absolute Gasteiger partial charge is 0.144 e. The first-order valence-corrected chi connectivity index (χ1v) is 6.58. The van der Waals surface area contributed by atoms with Crippen LogP contribution in [0.4, 0.5) is 4.39 Å². The number of Topliss-reactive ketones (excluding diaryl/α,β-unsaturated/α-hetero) is 1. The lowest BCUT2D eigenvalue weighted by atomic mass is 9.68. The van der Waals surface area contributed by atoms with Crippen LogP contribution in [0.2, 0.25) is 0 Å². The highest BCUT2D eigenvalue weighted by molar-refractivity contribution is 6.15. The summed E-state index contributed by atoms with van der Waals surface area (Å²) in [5, 5.41) is 4.29. The maximum Gasteiger partial charge on any atom is 0.144 e. The summed E-state index contributed by atoms with van der Waals surface area (Å²) in [4.78, 5) is 12.3. The van der Waals surface area contributed by atoms with Crippen LogP contribution in [0.25, 0.3) is 0 Å². The van der Waals surface area contributed by atoms with E-state index in [0.29, 0.717) is 17.7 Å². The SMILES string of the molecule is CC1(C)CC(=O)[C@@H]2C(c3cccc(F)c3)=NN[C@@H]2C1. The van der Waals surface area contributed by atoms with Crippen LogP contribution in [-0.4, -0.2) is 17.5 Å². The summed E-state index contributed by atoms with van der Waals surface area (Å²) in [7, 11) is 0. The van der Waals surface area contributed by atoms with Crippen LogP contribution in [0.5, 0.6) is 0 Å². The Bertz CT molecular complexity index is 565. The predicted molar refractivity (Wildman–Crippen MR) is 71.4 cm³/mol. The van der Waals surface area contributed by atoms with E-state index in [0.717, 1.165) is 6.42 Å². The van der Waals surface area contributed by atoms with E-state index in [9.17, 15) is 9.18 Å². The largest absolute Gasteiger partial charge is 0.306 e. The number of rotatable bonds is 1. The van der Waals surface area contributed by atoms with Crippen molar-refractivity contribution in [2.75, 3.05) is 0 Å². The number of fused-ring (bicyclic) bond motifs is 1. The summed E-state index contributed by atoms with van der Waals surface area (Å²) < 4.78 is 13.3. The average Bonchev–Trinajstić information content (AvgIpc) is 2.71. The predicted octanol–water partition coefficient (Wildman–Crippen LogP) is 2.51. The van der Waals surface area contributed by atoms with E-state index in [1.165, 1.54) is 12.1 Å². The van der Waals surface area contributed by atoms with Crippen LogP contribution >= 0.6 is 0 Å². The monoisotopic (exact) mass is 260 g/mol. The first-order chi connectivity index (χ1) is 8.96. The molecule has 3 nitrogen and oxygen atoms in total. The van der Waals surface area contributed by atoms with Crippen LogP contribution in [-0.2, 0) is 4.79 Å². The Morgan fingerprint density at radius 3 is 2.95 bits per heavy atom. The van der Waals surface area contributed by atoms with Gasteiger partial charge >= 0.3 is 0 Å². The molecular formula is C15H17FN2O. The molecule has 0 bridgehead atoms. The van der Waals surface area contributed by atoms with Crippen LogP contribution in [0.1, 0.15) is 32.3 Å². The Kier molecular flexibility index (Phi) is 2.69. The minimum atomic E-state index is -0.299. The molecule has 4 heteroatoms. The van der Waals surface area contributed by atoms with Crippen LogP contribution in [0, 0.1) is 17.2 Å². The average molecular weight is 260 g/mol. The summed E-state index contributed by atoms with van der Waals surface area (Å²) in [6.45, 7) is 4.20. The molecule has 0 spiro atoms. The summed E-state index contributed by atoms with van der Waals surface area (Å²) in [5.41, 5.74) is 4.46. The van der Waals surface area contributed by atoms with Crippen molar-refractivity contribution < 1.29 is 9.18 Å². The van der Waals surface area contributed by atoms with E-state index >= 15 is 0 Å². The van der Waals surface area contributed by atoms with E-state index in [1.54, 1.807) is 12.1 Å². The molecule has 1 N–H and O–H groups in total. The molecule has 0 radical (unpaired) electrons. The molecule has 1 fully saturated rings. The molecule has 0 amide bonds. The minimum Gasteiger partial charge on any atom is -0.306 e. The van der Waals surface area contributed by atoms with Crippen LogP contribution in [0.15, 0.2) is 29.4 Å². The number of carbonyl (C=O) groups excluding carboxylic acids is 1. The van der Waals surface area contributed by atoms with Gasteiger partial charge in [0.2, 0.25) is 0 Å². The second-order valence-electron chi connectivity index (χ2n) is 6.23. The lowest BCUT2D eigenvalue weighted by molar-refractivity contribution is -0.126. The highest BCUT2D eigenvalue weighted by atomic mass is 19.1. The fourth-order valence-corrected chi connectivity index (χ4v) is 3.17. The third-order valence-corrected chi connectivity index (χ3v) is 3.94. The Balaban J connectivity index is 1.93. The summed E-state index contributed by atoms with van der Waals surface area (Å²) in [5.74, 6) is -0.323. The molecule has 0 saturated heterocycles. The molecule has 2 atom stereocenters. The van der Waals surface area contributed by atoms with Crippen LogP contribution < -0.4 is 5.43 Å². The number of benzene rings is 1. The Morgan fingerprint density at radius 1 is 1.42 bits per heavy atom. The Morgan fingerprint density at radius 2 is 2.21 bits per heavy atom. The van der Waals surface area contributed by atoms with E-state index in [-0.39, 0.29) is 29.0 Å². The molecule has 1 saturated carbocycles. The quantitative estimate of drug-likeness (QED) is 0.843. The van der Waals surface area contributed by atoms with Crippen molar-refractivity contribution in [3.8, 4) is 0 Å². The van der Waals surface area contributed by atoms with E-state index in [4.69, 9.17) is 0 Å². The number of halogens is 1. The van der Waals surface area contributed by atoms with Crippen molar-refractivity contribution in [1.29, 1.82) is 0 Å². The van der Waals surface area contributed by atoms with Gasteiger partial charge in [-0.2, -0.15) is 5.10 Å². The van der Waals surface area contributed by atoms with Crippen molar-refractivity contribution in [3.05, 3.63) is 35.6 Å². The van der Waals surface area contributed by atoms with Crippen molar-refractivity contribution in [1.82, 2.24) is 5.43 Å². The van der Waals surface area contributed by atoms with Crippen molar-refractivity contribution >= 4 is 11.5 Å². The fourth-order valence-electron chi connectivity index (χ4n) is 3.17. The molecule has 1 aliphatic carbocycles. The Labute approximate surface area is 111 Å². The molecule has 0 aromatic heterocycles. The number of hydrogen-bond donors (Lipinski definition) is 1. The number of carbonyl (C=O) groups is 1. The maximum atomic E-state index is 13.3. The third kappa shape index (κ3) is 2.15. The Hall–Kier alpha value is -1.71. The number of nitrogens with zero attached hydrogens (tertiary/aromatic N) is 1. The maximum absolute atomic E-state index is 13.3. The summed E-state index contributed by atoms with van der Waals surface area (Å²) >= 11 is 0. The lowest BCUT2D eigenvalue weighted by Crippen LogP contribution is -2.45. The fraction of sp³-hybridized carbons (Fsp3) is 0.467. The van der Waals surface area contributed by atoms with Gasteiger partial charge in [0, 0.05) is 12.0 Å². The zero-order valence-corrected chi connectivity index (χ0v) is 11.1. The van der Waals surface area contributed by atoms with Gasteiger partial charge in [0.1, 0.15) is 11.6 Å². The number of ketones is 1. The molecule has 1 aromatic carbocycles. The molecule has 3 rings (SSSR count). The van der Waals surface area contributed by atoms with Gasteiger partial charge in [0.15, 0.2) is 0 Å². The van der Waals surface area contributed by atoms with Gasteiger partial charge in [0.05, 0.1) is 17.7 Å². The topological polar surface area (TPSA) is 41.5 Å². The van der Waals surface area contributed by atoms with Crippen molar-refractivity contribution in [3.63, 3.8) is 0 Å². The highest BCUT2D eigenvalue weighted by Gasteiger charge is 2.46. The first kappa shape index (κ1) is 12.3. The number of hydrogen-bond acceptors (Lipinski definition) is 3. The summed E-state index contributed by atoms with van der Waals surface area (Å²) in [6, 6.07) is 6.34. The van der Waals surface area contributed by atoms with Gasteiger partial charge in [-0.3, -0.25) is 4.79 Å². The molecule has 1 heterocycles. The first-order valence-electron chi connectivity index (χ1n) is 6.58. The molecule has 2 aliphatic rings. The molecular weight excluding hydrogens is 243 g/mol. The zero-order chi connectivity index (χ0) is 13.6. The second kappa shape index (κ2) is 4.15. The normalized spacial score (nSPS) is 28.6. The molecule has 1 aromatic rings. The third-order valence-electron chi connectivity index (χ3n) is 3.94. The molecule has 100 valence electrons. The van der Waals surface area contributed by atoms with E-state index < -0.39 is 0 Å². The van der Waals surface area contributed by atoms with Gasteiger partial charge in [-0.05, 0) is 24.0 Å². The zero-order valence-electron chi connectivity index (χ0n) is 11.1. The minimum absolute atomic E-state index is 0.0121. The second-order valence-corrected chi connectivity index (χ2v) is 6.23. The number of nitrogens with one attached hydrogen (secondary N) is 1. The molecule has 19 heavy (non-hydrogen) atoms. The molecule has 1 aliphatic heterocycles.